The molecule has 3 N–H and O–H groups in total. The van der Waals surface area contributed by atoms with Crippen molar-refractivity contribution in [1.29, 1.82) is 5.41 Å². The van der Waals surface area contributed by atoms with E-state index in [1.54, 1.807) is 45.0 Å². The number of aromatic nitrogens is 5. The number of rotatable bonds is 7. The van der Waals surface area contributed by atoms with E-state index in [1.807, 2.05) is 18.2 Å². The molecular weight excluding hydrogens is 428 g/mol. The number of allylic oxidation sites excluding steroid dienone is 1. The summed E-state index contributed by atoms with van der Waals surface area (Å²) in [6.45, 7) is 0. The molecule has 4 rings (SSSR count). The molecule has 0 fully saturated rings. The molecule has 1 aromatic carbocycles. The Balaban J connectivity index is 1.68. The Hall–Kier alpha value is -4.12. The molecule has 3 aromatic heterocycles. The second kappa shape index (κ2) is 8.55. The number of aryl methyl sites for hydroxylation is 1. The average molecular weight is 449 g/mol. The van der Waals surface area contributed by atoms with Crippen molar-refractivity contribution < 1.29 is 8.42 Å². The number of benzene rings is 1. The zero-order valence-electron chi connectivity index (χ0n) is 17.3. The Morgan fingerprint density at radius 2 is 1.94 bits per heavy atom. The van der Waals surface area contributed by atoms with Crippen molar-refractivity contribution in [3.63, 3.8) is 0 Å². The van der Waals surface area contributed by atoms with Crippen LogP contribution in [0.25, 0.3) is 27.7 Å². The summed E-state index contributed by atoms with van der Waals surface area (Å²) in [6, 6.07) is 8.66. The first-order valence-electron chi connectivity index (χ1n) is 9.52. The fraction of sp³-hybridized carbons (Fsp3) is 0.0952. The van der Waals surface area contributed by atoms with Gasteiger partial charge in [0, 0.05) is 50.0 Å². The zero-order valence-corrected chi connectivity index (χ0v) is 18.1. The third-order valence-corrected chi connectivity index (χ3v) is 5.85. The van der Waals surface area contributed by atoms with E-state index < -0.39 is 10.0 Å². The largest absolute Gasteiger partial charge is 0.393 e. The smallest absolute Gasteiger partial charge is 0.281 e. The van der Waals surface area contributed by atoms with Gasteiger partial charge < -0.3 is 10.7 Å². The van der Waals surface area contributed by atoms with Crippen LogP contribution in [-0.2, 0) is 17.1 Å². The Morgan fingerprint density at radius 1 is 1.09 bits per heavy atom. The van der Waals surface area contributed by atoms with Gasteiger partial charge in [-0.1, -0.05) is 6.07 Å². The highest BCUT2D eigenvalue weighted by Gasteiger charge is 2.17. The summed E-state index contributed by atoms with van der Waals surface area (Å²) in [5, 5.41) is 14.3. The molecule has 0 spiro atoms. The lowest BCUT2D eigenvalue weighted by molar-refractivity contribution is 0.593. The number of pyridine rings is 1. The van der Waals surface area contributed by atoms with Gasteiger partial charge in [-0.15, -0.1) is 0 Å². The van der Waals surface area contributed by atoms with Crippen LogP contribution in [0.4, 0.5) is 5.69 Å². The maximum Gasteiger partial charge on any atom is 0.281 e. The number of nitrogens with one attached hydrogen (secondary N) is 3. The fourth-order valence-corrected chi connectivity index (χ4v) is 4.08. The molecule has 0 unspecified atom stereocenters. The van der Waals surface area contributed by atoms with Crippen LogP contribution in [0.3, 0.4) is 0 Å². The van der Waals surface area contributed by atoms with Crippen molar-refractivity contribution in [1.82, 2.24) is 30.0 Å². The van der Waals surface area contributed by atoms with E-state index in [-0.39, 0.29) is 5.03 Å². The minimum Gasteiger partial charge on any atom is -0.393 e. The van der Waals surface area contributed by atoms with Crippen LogP contribution >= 0.6 is 0 Å². The number of anilines is 1. The summed E-state index contributed by atoms with van der Waals surface area (Å²) < 4.78 is 29.0. The minimum atomic E-state index is -3.83. The van der Waals surface area contributed by atoms with Crippen LogP contribution in [0.15, 0.2) is 66.3 Å². The molecule has 10 nitrogen and oxygen atoms in total. The summed E-state index contributed by atoms with van der Waals surface area (Å²) in [6.07, 6.45) is 9.13. The Bertz CT molecular complexity index is 1440. The van der Waals surface area contributed by atoms with Crippen LogP contribution in [0.2, 0.25) is 0 Å². The van der Waals surface area contributed by atoms with E-state index in [4.69, 9.17) is 5.41 Å². The zero-order chi connectivity index (χ0) is 22.7. The van der Waals surface area contributed by atoms with Crippen molar-refractivity contribution in [3.8, 4) is 11.1 Å². The van der Waals surface area contributed by atoms with Crippen molar-refractivity contribution in [2.75, 3.05) is 11.8 Å². The van der Waals surface area contributed by atoms with Gasteiger partial charge in [0.25, 0.3) is 10.0 Å². The minimum absolute atomic E-state index is 0.0736. The van der Waals surface area contributed by atoms with Gasteiger partial charge in [0.1, 0.15) is 0 Å². The number of hydrogen-bond donors (Lipinski definition) is 3. The SMILES string of the molecule is CN/C=C(\C=N)c1cnc2ccc(-c3cncc(NS(=O)(=O)c4ccn(C)n4)c3)cc2n1. The first-order chi connectivity index (χ1) is 15.4. The van der Waals surface area contributed by atoms with Gasteiger partial charge in [-0.05, 0) is 29.8 Å². The Labute approximate surface area is 184 Å². The average Bonchev–Trinajstić information content (AvgIpc) is 3.24. The maximum atomic E-state index is 12.6. The second-order valence-electron chi connectivity index (χ2n) is 6.89. The van der Waals surface area contributed by atoms with Gasteiger partial charge in [0.15, 0.2) is 5.03 Å². The molecule has 0 radical (unpaired) electrons. The molecule has 11 heteroatoms. The lowest BCUT2D eigenvalue weighted by Gasteiger charge is -2.09. The highest BCUT2D eigenvalue weighted by molar-refractivity contribution is 7.92. The molecule has 0 amide bonds. The molecule has 0 saturated carbocycles. The van der Waals surface area contributed by atoms with Crippen LogP contribution in [0.5, 0.6) is 0 Å². The second-order valence-corrected chi connectivity index (χ2v) is 8.52. The van der Waals surface area contributed by atoms with Crippen LogP contribution in [-0.4, -0.2) is 46.4 Å². The molecule has 0 saturated heterocycles. The van der Waals surface area contributed by atoms with Gasteiger partial charge in [-0.3, -0.25) is 19.4 Å². The van der Waals surface area contributed by atoms with Gasteiger partial charge >= 0.3 is 0 Å². The normalized spacial score (nSPS) is 12.0. The van der Waals surface area contributed by atoms with E-state index in [1.165, 1.54) is 23.2 Å². The lowest BCUT2D eigenvalue weighted by Crippen LogP contribution is -2.14. The summed E-state index contributed by atoms with van der Waals surface area (Å²) in [5.41, 5.74) is 4.32. The first kappa shape index (κ1) is 21.1. The van der Waals surface area contributed by atoms with Gasteiger partial charge in [-0.25, -0.2) is 4.98 Å². The molecule has 0 atom stereocenters. The third kappa shape index (κ3) is 4.32. The maximum absolute atomic E-state index is 12.6. The standard InChI is InChI=1S/C21H20N8O2S/c1-23-10-16(9-22)20-13-25-18-4-3-14(8-19(18)26-20)15-7-17(12-24-11-15)28-32(30,31)21-5-6-29(2)27-21/h3-13,22-23,28H,1-2H3/b16-10+,22-9?. The third-order valence-electron chi connectivity index (χ3n) is 4.58. The van der Waals surface area contributed by atoms with Crippen molar-refractivity contribution in [3.05, 3.63) is 67.0 Å². The molecule has 0 bridgehead atoms. The first-order valence-corrected chi connectivity index (χ1v) is 11.0. The number of sulfonamides is 1. The molecule has 0 aliphatic heterocycles. The highest BCUT2D eigenvalue weighted by atomic mass is 32.2. The van der Waals surface area contributed by atoms with Crippen LogP contribution < -0.4 is 10.0 Å². The van der Waals surface area contributed by atoms with Gasteiger partial charge in [0.05, 0.1) is 34.8 Å². The number of fused-ring (bicyclic) bond motifs is 1. The van der Waals surface area contributed by atoms with Crippen LogP contribution in [0.1, 0.15) is 5.69 Å². The van der Waals surface area contributed by atoms with E-state index >= 15 is 0 Å². The van der Waals surface area contributed by atoms with Crippen molar-refractivity contribution in [2.24, 2.45) is 7.05 Å². The van der Waals surface area contributed by atoms with E-state index in [2.05, 4.69) is 30.1 Å². The predicted octanol–water partition coefficient (Wildman–Crippen LogP) is 2.44. The number of nitrogens with zero attached hydrogens (tertiary/aromatic N) is 5. The van der Waals surface area contributed by atoms with Gasteiger partial charge in [0.2, 0.25) is 0 Å². The molecule has 162 valence electrons. The molecule has 0 aliphatic carbocycles. The Morgan fingerprint density at radius 3 is 2.66 bits per heavy atom. The molecule has 3 heterocycles. The van der Waals surface area contributed by atoms with Crippen molar-refractivity contribution in [2.45, 2.75) is 5.03 Å². The summed E-state index contributed by atoms with van der Waals surface area (Å²) >= 11 is 0. The van der Waals surface area contributed by atoms with E-state index in [0.717, 1.165) is 5.56 Å². The lowest BCUT2D eigenvalue weighted by atomic mass is 10.1. The van der Waals surface area contributed by atoms with Gasteiger partial charge in [-0.2, -0.15) is 13.5 Å². The predicted molar refractivity (Wildman–Crippen MR) is 123 cm³/mol. The van der Waals surface area contributed by atoms with Crippen LogP contribution in [0, 0.1) is 5.41 Å². The van der Waals surface area contributed by atoms with E-state index in [9.17, 15) is 8.42 Å². The quantitative estimate of drug-likeness (QED) is 0.369. The van der Waals surface area contributed by atoms with Crippen molar-refractivity contribution >= 4 is 38.5 Å². The number of hydrogen-bond acceptors (Lipinski definition) is 8. The molecular formula is C21H20N8O2S. The highest BCUT2D eigenvalue weighted by Crippen LogP contribution is 2.26. The summed E-state index contributed by atoms with van der Waals surface area (Å²) in [5.74, 6) is 0. The topological polar surface area (TPSA) is 139 Å². The summed E-state index contributed by atoms with van der Waals surface area (Å²) in [4.78, 5) is 13.2. The summed E-state index contributed by atoms with van der Waals surface area (Å²) in [7, 11) is -0.432. The van der Waals surface area contributed by atoms with E-state index in [0.29, 0.717) is 33.6 Å². The molecule has 0 aliphatic rings. The Kier molecular flexibility index (Phi) is 5.65. The molecule has 32 heavy (non-hydrogen) atoms. The molecule has 4 aromatic rings. The fourth-order valence-electron chi connectivity index (χ4n) is 3.07. The monoisotopic (exact) mass is 448 g/mol.